The van der Waals surface area contributed by atoms with E-state index in [0.29, 0.717) is 13.0 Å². The molecule has 0 radical (unpaired) electrons. The molecule has 1 aliphatic rings. The Labute approximate surface area is 146 Å². The van der Waals surface area contributed by atoms with E-state index in [9.17, 15) is 14.4 Å². The summed E-state index contributed by atoms with van der Waals surface area (Å²) in [5.41, 5.74) is -0.183. The lowest BCUT2D eigenvalue weighted by molar-refractivity contribution is -0.139. The minimum Gasteiger partial charge on any atom is -0.332 e. The Morgan fingerprint density at radius 3 is 2.46 bits per heavy atom. The van der Waals surface area contributed by atoms with Crippen LogP contribution in [0, 0.1) is 5.41 Å². The largest absolute Gasteiger partial charge is 0.332 e. The number of rotatable bonds is 11. The number of nitrogens with zero attached hydrogens (tertiary/aromatic N) is 1. The lowest BCUT2D eigenvalue weighted by Gasteiger charge is -2.35. The Kier molecular flexibility index (Phi) is 9.19. The first kappa shape index (κ1) is 20.8. The Bertz CT molecular complexity index is 404. The third kappa shape index (κ3) is 6.71. The van der Waals surface area contributed by atoms with Crippen LogP contribution < -0.4 is 5.32 Å². The van der Waals surface area contributed by atoms with Crippen LogP contribution >= 0.6 is 0 Å². The minimum atomic E-state index is -0.256. The topological polar surface area (TPSA) is 66.5 Å². The van der Waals surface area contributed by atoms with Gasteiger partial charge < -0.3 is 19.8 Å². The maximum Gasteiger partial charge on any atom is 0.240 e. The van der Waals surface area contributed by atoms with Crippen LogP contribution in [-0.2, 0) is 14.4 Å². The maximum atomic E-state index is 12.9. The van der Waals surface area contributed by atoms with Crippen molar-refractivity contribution in [3.63, 3.8) is 0 Å². The van der Waals surface area contributed by atoms with Crippen molar-refractivity contribution < 1.29 is 14.4 Å². The summed E-state index contributed by atoms with van der Waals surface area (Å²) in [7, 11) is 0. The maximum absolute atomic E-state index is 12.9. The predicted octanol–water partition coefficient (Wildman–Crippen LogP) is 2.72. The zero-order valence-corrected chi connectivity index (χ0v) is 15.6. The minimum absolute atomic E-state index is 0.0584. The molecule has 1 aliphatic heterocycles. The highest BCUT2D eigenvalue weighted by molar-refractivity contribution is 5.85. The second-order valence-corrected chi connectivity index (χ2v) is 7.85. The summed E-state index contributed by atoms with van der Waals surface area (Å²) in [6.45, 7) is 7.68. The molecule has 2 atom stereocenters. The Hall–Kier alpha value is -1.23. The van der Waals surface area contributed by atoms with Crippen LogP contribution in [0.15, 0.2) is 0 Å². The number of unbranched alkanes of at least 4 members (excludes halogenated alkanes) is 5. The first-order valence-corrected chi connectivity index (χ1v) is 9.34. The normalized spacial score (nSPS) is 19.3. The van der Waals surface area contributed by atoms with Crippen molar-refractivity contribution in [2.24, 2.45) is 5.41 Å². The molecule has 0 spiro atoms. The third-order valence-corrected chi connectivity index (χ3v) is 4.70. The van der Waals surface area contributed by atoms with Gasteiger partial charge in [-0.3, -0.25) is 4.79 Å². The highest BCUT2D eigenvalue weighted by Crippen LogP contribution is 2.25. The van der Waals surface area contributed by atoms with Gasteiger partial charge in [-0.2, -0.15) is 0 Å². The van der Waals surface area contributed by atoms with Gasteiger partial charge in [-0.05, 0) is 37.6 Å². The fourth-order valence-corrected chi connectivity index (χ4v) is 3.27. The van der Waals surface area contributed by atoms with Crippen molar-refractivity contribution in [2.45, 2.75) is 84.2 Å². The van der Waals surface area contributed by atoms with Gasteiger partial charge in [0, 0.05) is 13.0 Å². The number of hydrogen-bond donors (Lipinski definition) is 1. The zero-order chi connectivity index (χ0) is 18.0. The molecule has 1 fully saturated rings. The highest BCUT2D eigenvalue weighted by atomic mass is 16.2. The average molecular weight is 338 g/mol. The molecular formula is C19H34N2O3. The van der Waals surface area contributed by atoms with Gasteiger partial charge in [0.1, 0.15) is 12.6 Å². The lowest BCUT2D eigenvalue weighted by atomic mass is 9.85. The number of nitrogens with one attached hydrogen (secondary N) is 1. The number of aldehydes is 2. The number of carbonyl (C=O) groups excluding carboxylic acids is 3. The van der Waals surface area contributed by atoms with Crippen molar-refractivity contribution in [3.05, 3.63) is 0 Å². The number of likely N-dealkylation sites (tertiary alicyclic amines) is 1. The molecule has 5 heteroatoms. The van der Waals surface area contributed by atoms with Crippen LogP contribution in [0.1, 0.15) is 72.1 Å². The highest BCUT2D eigenvalue weighted by Gasteiger charge is 2.38. The molecule has 5 nitrogen and oxygen atoms in total. The molecule has 138 valence electrons. The van der Waals surface area contributed by atoms with Crippen molar-refractivity contribution in [1.82, 2.24) is 10.2 Å². The SMILES string of the molecule is CC(C)(C)C(NCCCCCCCC=O)C(=O)N1CCCC1C=O. The van der Waals surface area contributed by atoms with Crippen molar-refractivity contribution >= 4 is 18.5 Å². The Morgan fingerprint density at radius 1 is 1.17 bits per heavy atom. The van der Waals surface area contributed by atoms with E-state index in [-0.39, 0.29) is 23.4 Å². The van der Waals surface area contributed by atoms with E-state index in [1.165, 1.54) is 0 Å². The molecule has 1 N–H and O–H groups in total. The van der Waals surface area contributed by atoms with Crippen LogP contribution in [-0.4, -0.2) is 48.6 Å². The van der Waals surface area contributed by atoms with Gasteiger partial charge in [-0.15, -0.1) is 0 Å². The van der Waals surface area contributed by atoms with Gasteiger partial charge in [0.2, 0.25) is 5.91 Å². The standard InChI is InChI=1S/C19H34N2O3/c1-19(2,3)17(18(24)21-13-10-11-16(21)15-23)20-12-8-6-4-5-7-9-14-22/h14-17,20H,4-13H2,1-3H3. The van der Waals surface area contributed by atoms with Gasteiger partial charge >= 0.3 is 0 Å². The first-order valence-electron chi connectivity index (χ1n) is 9.34. The molecule has 1 heterocycles. The molecular weight excluding hydrogens is 304 g/mol. The van der Waals surface area contributed by atoms with Gasteiger partial charge in [-0.1, -0.05) is 40.0 Å². The van der Waals surface area contributed by atoms with E-state index in [2.05, 4.69) is 26.1 Å². The van der Waals surface area contributed by atoms with Crippen LogP contribution in [0.5, 0.6) is 0 Å². The Morgan fingerprint density at radius 2 is 1.83 bits per heavy atom. The van der Waals surface area contributed by atoms with Crippen LogP contribution in [0.4, 0.5) is 0 Å². The lowest BCUT2D eigenvalue weighted by Crippen LogP contribution is -2.54. The molecule has 0 bridgehead atoms. The van der Waals surface area contributed by atoms with E-state index in [0.717, 1.165) is 64.1 Å². The zero-order valence-electron chi connectivity index (χ0n) is 15.6. The molecule has 0 aliphatic carbocycles. The number of hydrogen-bond acceptors (Lipinski definition) is 4. The van der Waals surface area contributed by atoms with Gasteiger partial charge in [0.15, 0.2) is 0 Å². The first-order chi connectivity index (χ1) is 11.4. The molecule has 0 aromatic heterocycles. The van der Waals surface area contributed by atoms with E-state index in [1.54, 1.807) is 4.90 Å². The van der Waals surface area contributed by atoms with Crippen LogP contribution in [0.3, 0.4) is 0 Å². The van der Waals surface area contributed by atoms with Gasteiger partial charge in [0.25, 0.3) is 0 Å². The van der Waals surface area contributed by atoms with E-state index >= 15 is 0 Å². The van der Waals surface area contributed by atoms with Crippen LogP contribution in [0.25, 0.3) is 0 Å². The molecule has 0 saturated carbocycles. The monoisotopic (exact) mass is 338 g/mol. The third-order valence-electron chi connectivity index (χ3n) is 4.70. The van der Waals surface area contributed by atoms with Crippen LogP contribution in [0.2, 0.25) is 0 Å². The molecule has 1 saturated heterocycles. The number of amides is 1. The van der Waals surface area contributed by atoms with Crippen molar-refractivity contribution in [1.29, 1.82) is 0 Å². The van der Waals surface area contributed by atoms with E-state index in [4.69, 9.17) is 0 Å². The molecule has 2 unspecified atom stereocenters. The van der Waals surface area contributed by atoms with E-state index < -0.39 is 0 Å². The summed E-state index contributed by atoms with van der Waals surface area (Å²) in [4.78, 5) is 36.0. The second-order valence-electron chi connectivity index (χ2n) is 7.85. The fraction of sp³-hybridized carbons (Fsp3) is 0.842. The summed E-state index contributed by atoms with van der Waals surface area (Å²) in [5.74, 6) is 0.0584. The summed E-state index contributed by atoms with van der Waals surface area (Å²) < 4.78 is 0. The molecule has 1 rings (SSSR count). The molecule has 0 aromatic rings. The smallest absolute Gasteiger partial charge is 0.240 e. The number of carbonyl (C=O) groups is 3. The molecule has 0 aromatic carbocycles. The summed E-state index contributed by atoms with van der Waals surface area (Å²) in [6, 6.07) is -0.505. The van der Waals surface area contributed by atoms with Gasteiger partial charge in [0.05, 0.1) is 12.1 Å². The summed E-state index contributed by atoms with van der Waals surface area (Å²) in [6.07, 6.45) is 9.57. The molecule has 24 heavy (non-hydrogen) atoms. The second kappa shape index (κ2) is 10.6. The average Bonchev–Trinajstić information content (AvgIpc) is 3.00. The molecule has 1 amide bonds. The summed E-state index contributed by atoms with van der Waals surface area (Å²) in [5, 5.41) is 3.42. The fourth-order valence-electron chi connectivity index (χ4n) is 3.27. The van der Waals surface area contributed by atoms with Gasteiger partial charge in [-0.25, -0.2) is 0 Å². The van der Waals surface area contributed by atoms with Crippen molar-refractivity contribution in [3.8, 4) is 0 Å². The van der Waals surface area contributed by atoms with E-state index in [1.807, 2.05) is 0 Å². The Balaban J connectivity index is 2.41. The quantitative estimate of drug-likeness (QED) is 0.465. The summed E-state index contributed by atoms with van der Waals surface area (Å²) >= 11 is 0. The van der Waals surface area contributed by atoms with Crippen molar-refractivity contribution in [2.75, 3.05) is 13.1 Å². The predicted molar refractivity (Wildman–Crippen MR) is 95.8 cm³/mol.